The Bertz CT molecular complexity index is 1530. The molecule has 0 amide bonds. The van der Waals surface area contributed by atoms with Crippen molar-refractivity contribution in [3.8, 4) is 5.69 Å². The normalized spacial score (nSPS) is 14.8. The number of fused-ring (bicyclic) bond motifs is 5. The molecule has 158 valence electrons. The largest absolute Gasteiger partial charge is 0.310 e. The predicted octanol–water partition coefficient (Wildman–Crippen LogP) is 6.81. The Morgan fingerprint density at radius 3 is 2.27 bits per heavy atom. The molecule has 1 unspecified atom stereocenters. The lowest BCUT2D eigenvalue weighted by atomic mass is 9.87. The fraction of sp³-hybridized carbons (Fsp3) is 0.0357. The number of non-ortho nitro benzene ring substituents is 1. The zero-order chi connectivity index (χ0) is 22.4. The van der Waals surface area contributed by atoms with E-state index in [9.17, 15) is 10.1 Å². The van der Waals surface area contributed by atoms with E-state index in [0.29, 0.717) is 0 Å². The van der Waals surface area contributed by atoms with Gasteiger partial charge in [0.15, 0.2) is 0 Å². The average molecular weight is 429 g/mol. The zero-order valence-electron chi connectivity index (χ0n) is 17.6. The Labute approximate surface area is 190 Å². The molecule has 0 spiro atoms. The van der Waals surface area contributed by atoms with Gasteiger partial charge in [0, 0.05) is 23.2 Å². The van der Waals surface area contributed by atoms with Crippen LogP contribution >= 0.6 is 0 Å². The molecule has 1 atom stereocenters. The van der Waals surface area contributed by atoms with Gasteiger partial charge >= 0.3 is 0 Å². The van der Waals surface area contributed by atoms with Crippen LogP contribution in [0.15, 0.2) is 114 Å². The minimum atomic E-state index is -0.374. The van der Waals surface area contributed by atoms with Gasteiger partial charge in [0.2, 0.25) is 0 Å². The lowest BCUT2D eigenvalue weighted by molar-refractivity contribution is -0.384. The van der Waals surface area contributed by atoms with Gasteiger partial charge in [-0.3, -0.25) is 10.1 Å². The summed E-state index contributed by atoms with van der Waals surface area (Å²) in [6.45, 7) is 0. The Morgan fingerprint density at radius 2 is 1.48 bits per heavy atom. The predicted molar refractivity (Wildman–Crippen MR) is 131 cm³/mol. The molecule has 0 aliphatic carbocycles. The second-order valence-electron chi connectivity index (χ2n) is 8.10. The number of nitro benzene ring substituents is 1. The van der Waals surface area contributed by atoms with Gasteiger partial charge in [-0.25, -0.2) is 4.99 Å². The number of rotatable bonds is 3. The van der Waals surface area contributed by atoms with Crippen molar-refractivity contribution in [2.45, 2.75) is 5.92 Å². The molecule has 1 aliphatic heterocycles. The third-order valence-electron chi connectivity index (χ3n) is 6.18. The van der Waals surface area contributed by atoms with Crippen LogP contribution in [-0.4, -0.2) is 15.2 Å². The van der Waals surface area contributed by atoms with Crippen molar-refractivity contribution in [3.63, 3.8) is 0 Å². The summed E-state index contributed by atoms with van der Waals surface area (Å²) in [4.78, 5) is 16.0. The molecule has 0 saturated heterocycles. The topological polar surface area (TPSA) is 60.4 Å². The number of hydrogen-bond donors (Lipinski definition) is 0. The second-order valence-corrected chi connectivity index (χ2v) is 8.10. The van der Waals surface area contributed by atoms with Crippen LogP contribution in [0.2, 0.25) is 0 Å². The molecule has 0 radical (unpaired) electrons. The Balaban J connectivity index is 1.69. The van der Waals surface area contributed by atoms with Crippen molar-refractivity contribution in [1.82, 2.24) is 4.57 Å². The fourth-order valence-corrected chi connectivity index (χ4v) is 4.70. The molecule has 0 bridgehead atoms. The van der Waals surface area contributed by atoms with Gasteiger partial charge in [-0.05, 0) is 47.5 Å². The first-order valence-corrected chi connectivity index (χ1v) is 10.8. The van der Waals surface area contributed by atoms with Crippen LogP contribution in [0.5, 0.6) is 0 Å². The van der Waals surface area contributed by atoms with Crippen molar-refractivity contribution in [2.75, 3.05) is 0 Å². The molecule has 6 rings (SSSR count). The van der Waals surface area contributed by atoms with E-state index in [0.717, 1.165) is 44.8 Å². The number of hydrogen-bond acceptors (Lipinski definition) is 3. The second kappa shape index (κ2) is 7.57. The lowest BCUT2D eigenvalue weighted by Gasteiger charge is -2.20. The summed E-state index contributed by atoms with van der Waals surface area (Å²) in [5.74, 6) is -0.146. The molecule has 5 aromatic rings. The highest BCUT2D eigenvalue weighted by atomic mass is 16.6. The van der Waals surface area contributed by atoms with Gasteiger partial charge in [-0.2, -0.15) is 0 Å². The van der Waals surface area contributed by atoms with E-state index in [1.165, 1.54) is 0 Å². The van der Waals surface area contributed by atoms with Gasteiger partial charge in [-0.15, -0.1) is 0 Å². The van der Waals surface area contributed by atoms with Crippen molar-refractivity contribution in [2.24, 2.45) is 4.99 Å². The molecule has 33 heavy (non-hydrogen) atoms. The van der Waals surface area contributed by atoms with E-state index < -0.39 is 0 Å². The van der Waals surface area contributed by atoms with Crippen LogP contribution in [0.25, 0.3) is 16.6 Å². The van der Waals surface area contributed by atoms with Crippen LogP contribution in [0, 0.1) is 10.1 Å². The SMILES string of the molecule is O=[N+]([O-])c1ccc(C2=Nc3ccccc3-n3c(cc4ccccc43)C2c2ccccc2)cc1. The molecule has 0 saturated carbocycles. The molecule has 2 heterocycles. The summed E-state index contributed by atoms with van der Waals surface area (Å²) in [5.41, 5.74) is 7.04. The van der Waals surface area contributed by atoms with Crippen molar-refractivity contribution >= 4 is 28.0 Å². The van der Waals surface area contributed by atoms with E-state index in [1.54, 1.807) is 24.3 Å². The minimum Gasteiger partial charge on any atom is -0.310 e. The number of nitro groups is 1. The molecule has 0 N–H and O–H groups in total. The maximum atomic E-state index is 11.2. The number of para-hydroxylation sites is 3. The fourth-order valence-electron chi connectivity index (χ4n) is 4.70. The molecule has 4 aromatic carbocycles. The average Bonchev–Trinajstić information content (AvgIpc) is 3.16. The summed E-state index contributed by atoms with van der Waals surface area (Å²) in [6, 6.07) is 35.7. The highest BCUT2D eigenvalue weighted by Gasteiger charge is 2.30. The molecule has 1 aliphatic rings. The number of nitrogens with zero attached hydrogens (tertiary/aromatic N) is 3. The highest BCUT2D eigenvalue weighted by Crippen LogP contribution is 2.41. The smallest absolute Gasteiger partial charge is 0.269 e. The quantitative estimate of drug-likeness (QED) is 0.234. The monoisotopic (exact) mass is 429 g/mol. The minimum absolute atomic E-state index is 0.0683. The summed E-state index contributed by atoms with van der Waals surface area (Å²) in [5, 5.41) is 12.4. The van der Waals surface area contributed by atoms with Gasteiger partial charge in [0.05, 0.1) is 33.4 Å². The summed E-state index contributed by atoms with van der Waals surface area (Å²) in [6.07, 6.45) is 0. The van der Waals surface area contributed by atoms with Crippen LogP contribution in [0.3, 0.4) is 0 Å². The first-order chi connectivity index (χ1) is 16.2. The van der Waals surface area contributed by atoms with Crippen LogP contribution in [0.1, 0.15) is 22.7 Å². The van der Waals surface area contributed by atoms with E-state index in [4.69, 9.17) is 4.99 Å². The summed E-state index contributed by atoms with van der Waals surface area (Å²) < 4.78 is 2.30. The lowest BCUT2D eigenvalue weighted by Crippen LogP contribution is -2.17. The molecular formula is C28H19N3O2. The third kappa shape index (κ3) is 3.13. The van der Waals surface area contributed by atoms with E-state index in [1.807, 2.05) is 36.4 Å². The Hall–Kier alpha value is -4.51. The van der Waals surface area contributed by atoms with E-state index >= 15 is 0 Å². The third-order valence-corrected chi connectivity index (χ3v) is 6.18. The summed E-state index contributed by atoms with van der Waals surface area (Å²) >= 11 is 0. The van der Waals surface area contributed by atoms with Crippen molar-refractivity contribution in [3.05, 3.63) is 136 Å². The van der Waals surface area contributed by atoms with Crippen molar-refractivity contribution in [1.29, 1.82) is 0 Å². The number of benzene rings is 4. The Morgan fingerprint density at radius 1 is 0.788 bits per heavy atom. The van der Waals surface area contributed by atoms with E-state index in [-0.39, 0.29) is 16.5 Å². The molecule has 5 heteroatoms. The molecule has 5 nitrogen and oxygen atoms in total. The Kier molecular flexibility index (Phi) is 4.40. The summed E-state index contributed by atoms with van der Waals surface area (Å²) in [7, 11) is 0. The first kappa shape index (κ1) is 19.2. The van der Waals surface area contributed by atoms with Gasteiger partial charge in [0.1, 0.15) is 0 Å². The molecule has 0 fully saturated rings. The van der Waals surface area contributed by atoms with Crippen LogP contribution < -0.4 is 0 Å². The van der Waals surface area contributed by atoms with E-state index in [2.05, 4.69) is 53.1 Å². The maximum absolute atomic E-state index is 11.2. The number of aromatic nitrogens is 1. The van der Waals surface area contributed by atoms with Crippen molar-refractivity contribution < 1.29 is 4.92 Å². The van der Waals surface area contributed by atoms with Gasteiger partial charge < -0.3 is 4.57 Å². The van der Waals surface area contributed by atoms with Crippen LogP contribution in [-0.2, 0) is 0 Å². The number of aliphatic imine (C=N–C) groups is 1. The maximum Gasteiger partial charge on any atom is 0.269 e. The van der Waals surface area contributed by atoms with Gasteiger partial charge in [-0.1, -0.05) is 60.7 Å². The highest BCUT2D eigenvalue weighted by molar-refractivity contribution is 6.10. The first-order valence-electron chi connectivity index (χ1n) is 10.8. The standard InChI is InChI=1S/C28H19N3O2/c32-31(33)22-16-14-20(15-17-22)28-27(19-8-2-1-3-9-19)26-18-21-10-4-6-12-24(21)30(26)25-13-7-5-11-23(25)29-28/h1-18,27H. The molecular weight excluding hydrogens is 410 g/mol. The van der Waals surface area contributed by atoms with Crippen LogP contribution in [0.4, 0.5) is 11.4 Å². The van der Waals surface area contributed by atoms with Gasteiger partial charge in [0.25, 0.3) is 5.69 Å². The zero-order valence-corrected chi connectivity index (χ0v) is 17.6. The molecule has 1 aromatic heterocycles.